The topological polar surface area (TPSA) is 47.1 Å². The van der Waals surface area contributed by atoms with E-state index in [1.807, 2.05) is 28.0 Å². The monoisotopic (exact) mass is 384 g/mol. The van der Waals surface area contributed by atoms with Crippen molar-refractivity contribution in [3.05, 3.63) is 42.0 Å². The highest BCUT2D eigenvalue weighted by Crippen LogP contribution is 2.08. The van der Waals surface area contributed by atoms with Gasteiger partial charge in [0.25, 0.3) is 0 Å². The minimum absolute atomic E-state index is 0.0139. The van der Waals surface area contributed by atoms with Gasteiger partial charge in [-0.05, 0) is 12.1 Å². The van der Waals surface area contributed by atoms with Gasteiger partial charge in [-0.1, -0.05) is 49.4 Å². The van der Waals surface area contributed by atoms with Gasteiger partial charge in [-0.3, -0.25) is 14.5 Å². The predicted octanol–water partition coefficient (Wildman–Crippen LogP) is 1.40. The molecule has 2 amide bonds. The van der Waals surface area contributed by atoms with Crippen LogP contribution in [0.25, 0.3) is 6.08 Å². The summed E-state index contributed by atoms with van der Waals surface area (Å²) >= 11 is 0. The van der Waals surface area contributed by atoms with E-state index in [0.29, 0.717) is 13.1 Å². The lowest BCUT2D eigenvalue weighted by molar-refractivity contribution is -0.142. The van der Waals surface area contributed by atoms with Crippen molar-refractivity contribution in [1.29, 1.82) is 0 Å². The molecule has 0 saturated carbocycles. The number of carbonyl (C=O) groups excluding carboxylic acids is 2. The van der Waals surface area contributed by atoms with Crippen LogP contribution in [0.15, 0.2) is 36.4 Å². The molecule has 1 aromatic carbocycles. The molecule has 0 atom stereocenters. The van der Waals surface area contributed by atoms with Crippen LogP contribution in [-0.2, 0) is 9.59 Å². The number of hydrogen-bond donors (Lipinski definition) is 0. The van der Waals surface area contributed by atoms with Crippen molar-refractivity contribution in [3.8, 4) is 0 Å². The quantitative estimate of drug-likeness (QED) is 0.696. The Labute approximate surface area is 168 Å². The van der Waals surface area contributed by atoms with Crippen molar-refractivity contribution in [3.63, 3.8) is 0 Å². The molecule has 0 spiro atoms. The molecule has 2 aliphatic rings. The van der Waals surface area contributed by atoms with E-state index in [1.165, 1.54) is 5.56 Å². The molecule has 2 heterocycles. The minimum Gasteiger partial charge on any atom is -0.340 e. The highest BCUT2D eigenvalue weighted by atomic mass is 16.2. The van der Waals surface area contributed by atoms with Gasteiger partial charge in [0, 0.05) is 58.9 Å². The third kappa shape index (κ3) is 5.91. The molecule has 0 radical (unpaired) electrons. The number of likely N-dealkylation sites (N-methyl/N-ethyl adjacent to an activating group) is 1. The average molecular weight is 385 g/mol. The Kier molecular flexibility index (Phi) is 7.62. The van der Waals surface area contributed by atoms with Crippen molar-refractivity contribution in [2.24, 2.45) is 0 Å². The minimum atomic E-state index is -0.0256. The van der Waals surface area contributed by atoms with E-state index in [0.717, 1.165) is 52.4 Å². The molecule has 0 N–H and O–H groups in total. The van der Waals surface area contributed by atoms with Crippen LogP contribution in [-0.4, -0.2) is 96.9 Å². The maximum atomic E-state index is 12.5. The number of benzene rings is 1. The van der Waals surface area contributed by atoms with E-state index >= 15 is 0 Å². The fraction of sp³-hybridized carbons (Fsp3) is 0.545. The first-order valence-electron chi connectivity index (χ1n) is 10.4. The number of rotatable bonds is 6. The Hall–Kier alpha value is -2.18. The van der Waals surface area contributed by atoms with Gasteiger partial charge in [-0.2, -0.15) is 0 Å². The van der Waals surface area contributed by atoms with Crippen LogP contribution >= 0.6 is 0 Å². The standard InChI is InChI=1S/C22H32N4O2/c1-2-23-11-15-25(16-12-23)21(27)19-22(28)26-17-13-24(14-18-26)10-6-9-20-7-4-3-5-8-20/h3-9H,2,10-19H2,1H3/b9-6+. The largest absolute Gasteiger partial charge is 0.340 e. The lowest BCUT2D eigenvalue weighted by Crippen LogP contribution is -2.51. The van der Waals surface area contributed by atoms with Crippen LogP contribution in [0.1, 0.15) is 18.9 Å². The molecule has 0 aliphatic carbocycles. The van der Waals surface area contributed by atoms with E-state index in [9.17, 15) is 9.59 Å². The van der Waals surface area contributed by atoms with Crippen molar-refractivity contribution >= 4 is 17.9 Å². The second-order valence-electron chi connectivity index (χ2n) is 7.49. The molecule has 0 aromatic heterocycles. The summed E-state index contributed by atoms with van der Waals surface area (Å²) in [5, 5.41) is 0. The number of carbonyl (C=O) groups is 2. The van der Waals surface area contributed by atoms with Gasteiger partial charge in [0.05, 0.1) is 0 Å². The first-order valence-corrected chi connectivity index (χ1v) is 10.4. The first kappa shape index (κ1) is 20.6. The van der Waals surface area contributed by atoms with Crippen molar-refractivity contribution < 1.29 is 9.59 Å². The summed E-state index contributed by atoms with van der Waals surface area (Å²) in [5.74, 6) is -0.0450. The summed E-state index contributed by atoms with van der Waals surface area (Å²) in [4.78, 5) is 33.3. The second-order valence-corrected chi connectivity index (χ2v) is 7.49. The molecule has 3 rings (SSSR count). The fourth-order valence-corrected chi connectivity index (χ4v) is 3.75. The maximum Gasteiger partial charge on any atom is 0.232 e. The lowest BCUT2D eigenvalue weighted by Gasteiger charge is -2.36. The molecule has 28 heavy (non-hydrogen) atoms. The Balaban J connectivity index is 1.36. The maximum absolute atomic E-state index is 12.5. The van der Waals surface area contributed by atoms with Crippen LogP contribution in [0, 0.1) is 0 Å². The molecule has 152 valence electrons. The Bertz CT molecular complexity index is 660. The Morgan fingerprint density at radius 3 is 1.89 bits per heavy atom. The van der Waals surface area contributed by atoms with Crippen LogP contribution in [0.5, 0.6) is 0 Å². The zero-order chi connectivity index (χ0) is 19.8. The number of hydrogen-bond acceptors (Lipinski definition) is 4. The zero-order valence-electron chi connectivity index (χ0n) is 16.9. The molecule has 2 saturated heterocycles. The molecule has 6 nitrogen and oxygen atoms in total. The first-order chi connectivity index (χ1) is 13.7. The number of nitrogens with zero attached hydrogens (tertiary/aromatic N) is 4. The fourth-order valence-electron chi connectivity index (χ4n) is 3.75. The van der Waals surface area contributed by atoms with Gasteiger partial charge in [0.1, 0.15) is 6.42 Å². The summed E-state index contributed by atoms with van der Waals surface area (Å²) in [5.41, 5.74) is 1.20. The van der Waals surface area contributed by atoms with Crippen LogP contribution in [0.4, 0.5) is 0 Å². The summed E-state index contributed by atoms with van der Waals surface area (Å²) in [7, 11) is 0. The van der Waals surface area contributed by atoms with Gasteiger partial charge >= 0.3 is 0 Å². The Morgan fingerprint density at radius 1 is 0.821 bits per heavy atom. The molecule has 2 aliphatic heterocycles. The van der Waals surface area contributed by atoms with E-state index in [4.69, 9.17) is 0 Å². The summed E-state index contributed by atoms with van der Waals surface area (Å²) in [6, 6.07) is 10.3. The van der Waals surface area contributed by atoms with Gasteiger partial charge in [-0.25, -0.2) is 0 Å². The number of piperazine rings is 2. The molecule has 0 bridgehead atoms. The molecule has 6 heteroatoms. The van der Waals surface area contributed by atoms with Gasteiger partial charge < -0.3 is 14.7 Å². The summed E-state index contributed by atoms with van der Waals surface area (Å²) in [6.45, 7) is 10.5. The lowest BCUT2D eigenvalue weighted by atomic mass is 10.2. The zero-order valence-corrected chi connectivity index (χ0v) is 16.9. The molecular formula is C22H32N4O2. The van der Waals surface area contributed by atoms with Crippen molar-refractivity contribution in [2.45, 2.75) is 13.3 Å². The van der Waals surface area contributed by atoms with E-state index in [-0.39, 0.29) is 18.2 Å². The van der Waals surface area contributed by atoms with Crippen LogP contribution in [0.2, 0.25) is 0 Å². The Morgan fingerprint density at radius 2 is 1.36 bits per heavy atom. The van der Waals surface area contributed by atoms with Crippen molar-refractivity contribution in [1.82, 2.24) is 19.6 Å². The summed E-state index contributed by atoms with van der Waals surface area (Å²) < 4.78 is 0. The van der Waals surface area contributed by atoms with E-state index < -0.39 is 0 Å². The average Bonchev–Trinajstić information content (AvgIpc) is 2.75. The van der Waals surface area contributed by atoms with Gasteiger partial charge in [0.2, 0.25) is 11.8 Å². The van der Waals surface area contributed by atoms with Crippen molar-refractivity contribution in [2.75, 3.05) is 65.4 Å². The van der Waals surface area contributed by atoms with Crippen LogP contribution < -0.4 is 0 Å². The van der Waals surface area contributed by atoms with Gasteiger partial charge in [-0.15, -0.1) is 0 Å². The van der Waals surface area contributed by atoms with Crippen LogP contribution in [0.3, 0.4) is 0 Å². The molecule has 1 aromatic rings. The van der Waals surface area contributed by atoms with E-state index in [1.54, 1.807) is 0 Å². The summed E-state index contributed by atoms with van der Waals surface area (Å²) in [6.07, 6.45) is 4.32. The van der Waals surface area contributed by atoms with E-state index in [2.05, 4.69) is 41.0 Å². The smallest absolute Gasteiger partial charge is 0.232 e. The third-order valence-electron chi connectivity index (χ3n) is 5.67. The predicted molar refractivity (Wildman–Crippen MR) is 112 cm³/mol. The molecular weight excluding hydrogens is 352 g/mol. The normalized spacial score (nSPS) is 19.3. The highest BCUT2D eigenvalue weighted by molar-refractivity contribution is 5.97. The SMILES string of the molecule is CCN1CCN(C(=O)CC(=O)N2CCN(C/C=C/c3ccccc3)CC2)CC1. The molecule has 0 unspecified atom stereocenters. The second kappa shape index (κ2) is 10.4. The molecule has 2 fully saturated rings. The third-order valence-corrected chi connectivity index (χ3v) is 5.67. The number of amides is 2. The van der Waals surface area contributed by atoms with Gasteiger partial charge in [0.15, 0.2) is 0 Å². The highest BCUT2D eigenvalue weighted by Gasteiger charge is 2.26.